The zero-order chi connectivity index (χ0) is 38.0. The minimum absolute atomic E-state index is 0.0240. The van der Waals surface area contributed by atoms with Gasteiger partial charge in [-0.3, -0.25) is 14.4 Å². The molecule has 268 valence electrons. The number of nitrogens with zero attached hydrogens (tertiary/aromatic N) is 6. The van der Waals surface area contributed by atoms with E-state index in [4.69, 9.17) is 5.11 Å². The van der Waals surface area contributed by atoms with Crippen LogP contribution in [-0.4, -0.2) is 28.0 Å². The summed E-state index contributed by atoms with van der Waals surface area (Å²) in [6.07, 6.45) is -0.352. The average molecular weight is 719 g/mol. The van der Waals surface area contributed by atoms with E-state index in [-0.39, 0.29) is 30.4 Å². The van der Waals surface area contributed by atoms with E-state index in [1.807, 2.05) is 62.4 Å². The second kappa shape index (κ2) is 16.7. The van der Waals surface area contributed by atoms with E-state index in [2.05, 4.69) is 41.3 Å². The van der Waals surface area contributed by atoms with Crippen LogP contribution < -0.4 is 10.6 Å². The van der Waals surface area contributed by atoms with Crippen molar-refractivity contribution in [3.8, 4) is 5.75 Å². The fourth-order valence-electron chi connectivity index (χ4n) is 5.23. The average Bonchev–Trinajstić information content (AvgIpc) is 3.17. The largest absolute Gasteiger partial charge is 0.505 e. The number of hydrogen-bond donors (Lipinski definition) is 4. The van der Waals surface area contributed by atoms with Gasteiger partial charge in [0.2, 0.25) is 5.91 Å². The highest BCUT2D eigenvalue weighted by molar-refractivity contribution is 6.04. The van der Waals surface area contributed by atoms with Gasteiger partial charge < -0.3 is 20.8 Å². The maximum atomic E-state index is 12.5. The van der Waals surface area contributed by atoms with Crippen molar-refractivity contribution in [3.63, 3.8) is 0 Å². The number of hydrogen-bond acceptors (Lipinski definition) is 10. The molecule has 0 aromatic heterocycles. The summed E-state index contributed by atoms with van der Waals surface area (Å²) in [5.74, 6) is -1.66. The molecule has 0 heterocycles. The summed E-state index contributed by atoms with van der Waals surface area (Å²) in [6.45, 7) is 3.79. The number of anilines is 2. The van der Waals surface area contributed by atoms with Crippen LogP contribution in [0.1, 0.15) is 34.3 Å². The molecule has 0 radical (unpaired) electrons. The third kappa shape index (κ3) is 9.47. The van der Waals surface area contributed by atoms with Crippen molar-refractivity contribution < 1.29 is 24.6 Å². The van der Waals surface area contributed by atoms with E-state index in [0.29, 0.717) is 50.8 Å². The van der Waals surface area contributed by atoms with Crippen LogP contribution in [0.5, 0.6) is 5.75 Å². The Labute approximate surface area is 309 Å². The number of aliphatic carboxylic acids is 1. The monoisotopic (exact) mass is 718 g/mol. The molecule has 0 aliphatic carbocycles. The van der Waals surface area contributed by atoms with Crippen molar-refractivity contribution in [1.29, 1.82) is 0 Å². The molecule has 0 bridgehead atoms. The molecule has 0 aliphatic rings. The van der Waals surface area contributed by atoms with Crippen LogP contribution >= 0.6 is 0 Å². The first-order chi connectivity index (χ1) is 26.1. The number of para-hydroxylation sites is 1. The van der Waals surface area contributed by atoms with Crippen LogP contribution in [0.4, 0.5) is 45.5 Å². The maximum absolute atomic E-state index is 12.5. The number of carbonyl (C=O) groups excluding carboxylic acids is 2. The molecule has 13 nitrogen and oxygen atoms in total. The van der Waals surface area contributed by atoms with Gasteiger partial charge in [0.25, 0.3) is 5.91 Å². The highest BCUT2D eigenvalue weighted by Gasteiger charge is 2.10. The first-order valence-electron chi connectivity index (χ1n) is 16.8. The summed E-state index contributed by atoms with van der Waals surface area (Å²) in [5.41, 5.74) is 6.68. The number of aryl methyl sites for hydroxylation is 2. The second-order valence-corrected chi connectivity index (χ2v) is 12.2. The topological polar surface area (TPSA) is 190 Å². The van der Waals surface area contributed by atoms with Gasteiger partial charge in [-0.25, -0.2) is 0 Å². The van der Waals surface area contributed by atoms with Gasteiger partial charge >= 0.3 is 5.97 Å². The first-order valence-corrected chi connectivity index (χ1v) is 16.8. The number of amides is 2. The van der Waals surface area contributed by atoms with Crippen LogP contribution in [0, 0.1) is 13.8 Å². The first kappa shape index (κ1) is 36.4. The molecular formula is C41H34N8O5. The van der Waals surface area contributed by atoms with Gasteiger partial charge in [-0.05, 0) is 127 Å². The molecule has 0 fully saturated rings. The Balaban J connectivity index is 1.08. The minimum atomic E-state index is -1.03. The number of aromatic hydroxyl groups is 1. The Hall–Kier alpha value is -7.41. The van der Waals surface area contributed by atoms with E-state index < -0.39 is 5.97 Å². The van der Waals surface area contributed by atoms with Crippen LogP contribution in [0.15, 0.2) is 152 Å². The van der Waals surface area contributed by atoms with Gasteiger partial charge in [0.05, 0.1) is 34.9 Å². The lowest BCUT2D eigenvalue weighted by Gasteiger charge is -2.07. The third-order valence-corrected chi connectivity index (χ3v) is 8.17. The van der Waals surface area contributed by atoms with Gasteiger partial charge in [-0.2, -0.15) is 25.6 Å². The lowest BCUT2D eigenvalue weighted by molar-refractivity contribution is -0.138. The van der Waals surface area contributed by atoms with Crippen molar-refractivity contribution in [2.75, 3.05) is 10.6 Å². The quantitative estimate of drug-likeness (QED) is 0.0914. The molecule has 54 heavy (non-hydrogen) atoms. The van der Waals surface area contributed by atoms with Gasteiger partial charge in [0.1, 0.15) is 5.69 Å². The lowest BCUT2D eigenvalue weighted by atomic mass is 10.1. The molecule has 0 atom stereocenters. The minimum Gasteiger partial charge on any atom is -0.505 e. The Morgan fingerprint density at radius 2 is 1.11 bits per heavy atom. The third-order valence-electron chi connectivity index (χ3n) is 8.17. The number of rotatable bonds is 12. The predicted molar refractivity (Wildman–Crippen MR) is 207 cm³/mol. The fraction of sp³-hybridized carbons (Fsp3) is 0.0976. The van der Waals surface area contributed by atoms with Crippen molar-refractivity contribution in [2.45, 2.75) is 26.7 Å². The van der Waals surface area contributed by atoms with Gasteiger partial charge in [0.15, 0.2) is 5.75 Å². The van der Waals surface area contributed by atoms with Gasteiger partial charge in [-0.1, -0.05) is 24.3 Å². The Kier molecular flexibility index (Phi) is 11.3. The van der Waals surface area contributed by atoms with Crippen LogP contribution in [-0.2, 0) is 9.59 Å². The van der Waals surface area contributed by atoms with Crippen molar-refractivity contribution in [2.24, 2.45) is 30.7 Å². The SMILES string of the molecule is Cc1cc(N=Nc2ccc3cc(N=Nc4ccc(NC(=O)CCC(=O)O)cc4)ccc3c2O)c(C)cc1N=Nc1ccc(C(=O)Nc2ccccc2)cc1. The van der Waals surface area contributed by atoms with Crippen molar-refractivity contribution >= 4 is 74.1 Å². The summed E-state index contributed by atoms with van der Waals surface area (Å²) in [5, 5.41) is 52.6. The number of nitrogens with one attached hydrogen (secondary N) is 2. The predicted octanol–water partition coefficient (Wildman–Crippen LogP) is 11.5. The number of carbonyl (C=O) groups is 3. The highest BCUT2D eigenvalue weighted by Crippen LogP contribution is 2.38. The fourth-order valence-corrected chi connectivity index (χ4v) is 5.23. The van der Waals surface area contributed by atoms with Crippen LogP contribution in [0.3, 0.4) is 0 Å². The Morgan fingerprint density at radius 1 is 0.556 bits per heavy atom. The van der Waals surface area contributed by atoms with E-state index in [1.54, 1.807) is 72.8 Å². The summed E-state index contributed by atoms with van der Waals surface area (Å²) >= 11 is 0. The molecule has 13 heteroatoms. The summed E-state index contributed by atoms with van der Waals surface area (Å²) in [7, 11) is 0. The maximum Gasteiger partial charge on any atom is 0.303 e. The molecule has 0 aliphatic heterocycles. The van der Waals surface area contributed by atoms with Gasteiger partial charge in [0, 0.05) is 28.7 Å². The molecule has 2 amide bonds. The van der Waals surface area contributed by atoms with E-state index >= 15 is 0 Å². The highest BCUT2D eigenvalue weighted by atomic mass is 16.4. The Bertz CT molecular complexity index is 2430. The molecule has 0 unspecified atom stereocenters. The second-order valence-electron chi connectivity index (χ2n) is 12.2. The van der Waals surface area contributed by atoms with E-state index in [0.717, 1.165) is 22.2 Å². The number of azo groups is 3. The number of phenols is 1. The van der Waals surface area contributed by atoms with E-state index in [1.165, 1.54) is 0 Å². The standard InChI is InChI=1S/C41H34N8O5/c1-25-23-37(26(2)22-36(25)48-45-31-11-8-27(9-12-31)41(54)43-29-6-4-3-5-7-29)49-47-35-19-10-28-24-33(17-18-34(28)40(35)53)46-44-32-15-13-30(14-16-32)42-38(50)20-21-39(51)52/h3-19,22-24,53H,20-21H2,1-2H3,(H,42,50)(H,43,54)(H,51,52). The number of benzene rings is 6. The van der Waals surface area contributed by atoms with Crippen LogP contribution in [0.2, 0.25) is 0 Å². The van der Waals surface area contributed by atoms with Crippen LogP contribution in [0.25, 0.3) is 10.8 Å². The molecule has 6 aromatic rings. The molecule has 4 N–H and O–H groups in total. The Morgan fingerprint density at radius 3 is 1.78 bits per heavy atom. The molecule has 0 spiro atoms. The zero-order valence-corrected chi connectivity index (χ0v) is 29.3. The lowest BCUT2D eigenvalue weighted by Crippen LogP contribution is -2.12. The molecule has 6 rings (SSSR count). The zero-order valence-electron chi connectivity index (χ0n) is 29.3. The van der Waals surface area contributed by atoms with Crippen molar-refractivity contribution in [3.05, 3.63) is 138 Å². The number of carboxylic acid groups (broad SMARTS) is 1. The number of phenolic OH excluding ortho intramolecular Hbond substituents is 1. The number of carboxylic acids is 1. The summed E-state index contributed by atoms with van der Waals surface area (Å²) in [6, 6.07) is 35.2. The smallest absolute Gasteiger partial charge is 0.303 e. The molecular weight excluding hydrogens is 685 g/mol. The molecule has 6 aromatic carbocycles. The number of fused-ring (bicyclic) bond motifs is 1. The summed E-state index contributed by atoms with van der Waals surface area (Å²) < 4.78 is 0. The summed E-state index contributed by atoms with van der Waals surface area (Å²) in [4.78, 5) is 35.1. The van der Waals surface area contributed by atoms with E-state index in [9.17, 15) is 19.5 Å². The van der Waals surface area contributed by atoms with Gasteiger partial charge in [-0.15, -0.1) is 5.11 Å². The van der Waals surface area contributed by atoms with Crippen molar-refractivity contribution in [1.82, 2.24) is 0 Å². The normalized spacial score (nSPS) is 11.4. The molecule has 0 saturated heterocycles. The molecule has 0 saturated carbocycles.